The van der Waals surface area contributed by atoms with Gasteiger partial charge in [-0.25, -0.2) is 0 Å². The number of nitrogens with one attached hydrogen (secondary N) is 1. The summed E-state index contributed by atoms with van der Waals surface area (Å²) in [5, 5.41) is 3.54. The second kappa shape index (κ2) is 6.91. The number of hydrogen-bond donors (Lipinski definition) is 1. The predicted octanol–water partition coefficient (Wildman–Crippen LogP) is 4.62. The fourth-order valence-electron chi connectivity index (χ4n) is 2.22. The number of hydrogen-bond acceptors (Lipinski definition) is 2. The van der Waals surface area contributed by atoms with Crippen molar-refractivity contribution in [3.63, 3.8) is 0 Å². The lowest BCUT2D eigenvalue weighted by Crippen LogP contribution is -2.18. The van der Waals surface area contributed by atoms with Gasteiger partial charge in [-0.1, -0.05) is 45.8 Å². The van der Waals surface area contributed by atoms with Crippen molar-refractivity contribution in [3.8, 4) is 5.75 Å². The SMILES string of the molecule is COc1ccc(C)cc1C(C)NCc1cccc(Br)c1. The third kappa shape index (κ3) is 3.84. The summed E-state index contributed by atoms with van der Waals surface area (Å²) < 4.78 is 6.55. The monoisotopic (exact) mass is 333 g/mol. The van der Waals surface area contributed by atoms with E-state index in [4.69, 9.17) is 4.74 Å². The molecule has 0 aliphatic carbocycles. The van der Waals surface area contributed by atoms with Gasteiger partial charge < -0.3 is 10.1 Å². The molecule has 2 nitrogen and oxygen atoms in total. The zero-order valence-electron chi connectivity index (χ0n) is 12.1. The van der Waals surface area contributed by atoms with E-state index in [0.29, 0.717) is 0 Å². The number of methoxy groups -OCH3 is 1. The quantitative estimate of drug-likeness (QED) is 0.862. The summed E-state index contributed by atoms with van der Waals surface area (Å²) in [5.41, 5.74) is 3.71. The number of rotatable bonds is 5. The van der Waals surface area contributed by atoms with Crippen LogP contribution in [0.5, 0.6) is 5.75 Å². The van der Waals surface area contributed by atoms with Gasteiger partial charge >= 0.3 is 0 Å². The molecule has 0 heterocycles. The van der Waals surface area contributed by atoms with Gasteiger partial charge in [0.25, 0.3) is 0 Å². The Morgan fingerprint density at radius 1 is 1.20 bits per heavy atom. The molecule has 1 unspecified atom stereocenters. The number of aryl methyl sites for hydroxylation is 1. The molecule has 0 radical (unpaired) electrons. The minimum absolute atomic E-state index is 0.240. The van der Waals surface area contributed by atoms with Crippen LogP contribution in [0.1, 0.15) is 29.7 Å². The molecule has 0 aliphatic heterocycles. The Morgan fingerprint density at radius 3 is 2.70 bits per heavy atom. The molecule has 0 bridgehead atoms. The molecule has 2 rings (SSSR count). The van der Waals surface area contributed by atoms with Crippen molar-refractivity contribution < 1.29 is 4.74 Å². The Hall–Kier alpha value is -1.32. The van der Waals surface area contributed by atoms with Crippen LogP contribution in [0.25, 0.3) is 0 Å². The lowest BCUT2D eigenvalue weighted by Gasteiger charge is -2.18. The molecule has 2 aromatic carbocycles. The van der Waals surface area contributed by atoms with Gasteiger partial charge in [0.1, 0.15) is 5.75 Å². The van der Waals surface area contributed by atoms with Crippen molar-refractivity contribution in [2.45, 2.75) is 26.4 Å². The zero-order valence-corrected chi connectivity index (χ0v) is 13.7. The maximum absolute atomic E-state index is 5.45. The first kappa shape index (κ1) is 15.1. The average Bonchev–Trinajstić information content (AvgIpc) is 2.45. The molecule has 0 aliphatic rings. The van der Waals surface area contributed by atoms with Gasteiger partial charge in [0.2, 0.25) is 0 Å². The Bertz CT molecular complexity index is 583. The highest BCUT2D eigenvalue weighted by Gasteiger charge is 2.11. The first-order valence-electron chi connectivity index (χ1n) is 6.72. The van der Waals surface area contributed by atoms with E-state index in [1.54, 1.807) is 7.11 Å². The summed E-state index contributed by atoms with van der Waals surface area (Å²) in [6.45, 7) is 5.09. The molecule has 0 fully saturated rings. The Labute approximate surface area is 129 Å². The maximum Gasteiger partial charge on any atom is 0.123 e. The molecule has 0 spiro atoms. The Balaban J connectivity index is 2.08. The van der Waals surface area contributed by atoms with Gasteiger partial charge in [0.15, 0.2) is 0 Å². The predicted molar refractivity (Wildman–Crippen MR) is 87.1 cm³/mol. The van der Waals surface area contributed by atoms with E-state index in [1.165, 1.54) is 16.7 Å². The van der Waals surface area contributed by atoms with E-state index in [2.05, 4.69) is 65.4 Å². The van der Waals surface area contributed by atoms with Gasteiger partial charge in [-0.2, -0.15) is 0 Å². The van der Waals surface area contributed by atoms with Crippen LogP contribution in [0.15, 0.2) is 46.9 Å². The standard InChI is InChI=1S/C17H20BrNO/c1-12-7-8-17(20-3)16(9-12)13(2)19-11-14-5-4-6-15(18)10-14/h4-10,13,19H,11H2,1-3H3. The Morgan fingerprint density at radius 2 is 2.00 bits per heavy atom. The molecule has 106 valence electrons. The summed E-state index contributed by atoms with van der Waals surface area (Å²) in [6.07, 6.45) is 0. The van der Waals surface area contributed by atoms with Gasteiger partial charge in [-0.05, 0) is 37.6 Å². The second-order valence-corrected chi connectivity index (χ2v) is 5.89. The van der Waals surface area contributed by atoms with E-state index in [-0.39, 0.29) is 6.04 Å². The normalized spacial score (nSPS) is 12.2. The molecule has 2 aromatic rings. The number of ether oxygens (including phenoxy) is 1. The smallest absolute Gasteiger partial charge is 0.123 e. The third-order valence-electron chi connectivity index (χ3n) is 3.35. The maximum atomic E-state index is 5.45. The van der Waals surface area contributed by atoms with Crippen molar-refractivity contribution in [2.75, 3.05) is 7.11 Å². The summed E-state index contributed by atoms with van der Waals surface area (Å²) >= 11 is 3.50. The van der Waals surface area contributed by atoms with E-state index in [1.807, 2.05) is 12.1 Å². The van der Waals surface area contributed by atoms with Crippen LogP contribution < -0.4 is 10.1 Å². The largest absolute Gasteiger partial charge is 0.496 e. The van der Waals surface area contributed by atoms with Crippen LogP contribution in [-0.2, 0) is 6.54 Å². The lowest BCUT2D eigenvalue weighted by atomic mass is 10.0. The first-order valence-corrected chi connectivity index (χ1v) is 7.52. The van der Waals surface area contributed by atoms with E-state index in [9.17, 15) is 0 Å². The van der Waals surface area contributed by atoms with Crippen LogP contribution >= 0.6 is 15.9 Å². The Kier molecular flexibility index (Phi) is 5.21. The molecule has 3 heteroatoms. The van der Waals surface area contributed by atoms with Crippen LogP contribution in [0.3, 0.4) is 0 Å². The molecular formula is C17H20BrNO. The van der Waals surface area contributed by atoms with Crippen LogP contribution in [0, 0.1) is 6.92 Å². The van der Waals surface area contributed by atoms with Crippen molar-refractivity contribution in [1.29, 1.82) is 0 Å². The van der Waals surface area contributed by atoms with E-state index >= 15 is 0 Å². The molecule has 1 N–H and O–H groups in total. The average molecular weight is 334 g/mol. The molecule has 0 saturated heterocycles. The molecule has 0 amide bonds. The van der Waals surface area contributed by atoms with Crippen molar-refractivity contribution >= 4 is 15.9 Å². The van der Waals surface area contributed by atoms with Gasteiger partial charge in [-0.15, -0.1) is 0 Å². The fourth-order valence-corrected chi connectivity index (χ4v) is 2.67. The molecule has 1 atom stereocenters. The van der Waals surface area contributed by atoms with Crippen molar-refractivity contribution in [1.82, 2.24) is 5.32 Å². The topological polar surface area (TPSA) is 21.3 Å². The highest BCUT2D eigenvalue weighted by Crippen LogP contribution is 2.26. The van der Waals surface area contributed by atoms with Crippen molar-refractivity contribution in [3.05, 3.63) is 63.6 Å². The minimum atomic E-state index is 0.240. The molecule has 20 heavy (non-hydrogen) atoms. The highest BCUT2D eigenvalue weighted by atomic mass is 79.9. The summed E-state index contributed by atoms with van der Waals surface area (Å²) in [7, 11) is 1.72. The first-order chi connectivity index (χ1) is 9.60. The zero-order chi connectivity index (χ0) is 14.5. The number of benzene rings is 2. The lowest BCUT2D eigenvalue weighted by molar-refractivity contribution is 0.401. The molecule has 0 aromatic heterocycles. The van der Waals surface area contributed by atoms with E-state index in [0.717, 1.165) is 16.8 Å². The fraction of sp³-hybridized carbons (Fsp3) is 0.294. The second-order valence-electron chi connectivity index (χ2n) is 4.98. The summed E-state index contributed by atoms with van der Waals surface area (Å²) in [5.74, 6) is 0.935. The van der Waals surface area contributed by atoms with Gasteiger partial charge in [-0.3, -0.25) is 0 Å². The minimum Gasteiger partial charge on any atom is -0.496 e. The molecular weight excluding hydrogens is 314 g/mol. The van der Waals surface area contributed by atoms with Crippen molar-refractivity contribution in [2.24, 2.45) is 0 Å². The summed E-state index contributed by atoms with van der Waals surface area (Å²) in [4.78, 5) is 0. The number of halogens is 1. The van der Waals surface area contributed by atoms with Gasteiger partial charge in [0, 0.05) is 22.6 Å². The van der Waals surface area contributed by atoms with Crippen LogP contribution in [0.4, 0.5) is 0 Å². The summed E-state index contributed by atoms with van der Waals surface area (Å²) in [6, 6.07) is 14.9. The molecule has 0 saturated carbocycles. The highest BCUT2D eigenvalue weighted by molar-refractivity contribution is 9.10. The van der Waals surface area contributed by atoms with E-state index < -0.39 is 0 Å². The third-order valence-corrected chi connectivity index (χ3v) is 3.85. The van der Waals surface area contributed by atoms with Crippen LogP contribution in [-0.4, -0.2) is 7.11 Å². The van der Waals surface area contributed by atoms with Crippen LogP contribution in [0.2, 0.25) is 0 Å². The van der Waals surface area contributed by atoms with Gasteiger partial charge in [0.05, 0.1) is 7.11 Å².